The van der Waals surface area contributed by atoms with E-state index in [-0.39, 0.29) is 0 Å². The van der Waals surface area contributed by atoms with Crippen LogP contribution in [0.5, 0.6) is 0 Å². The number of benzene rings is 2. The predicted octanol–water partition coefficient (Wildman–Crippen LogP) is 5.94. The number of rotatable bonds is 3. The number of aryl methyl sites for hydroxylation is 5. The third kappa shape index (κ3) is 3.76. The molecule has 5 heteroatoms. The Hall–Kier alpha value is -3.34. The maximum absolute atomic E-state index is 4.93. The molecule has 0 saturated heterocycles. The van der Waals surface area contributed by atoms with Crippen LogP contribution in [-0.2, 0) is 12.8 Å². The molecule has 0 bridgehead atoms. The first-order valence-corrected chi connectivity index (χ1v) is 11.0. The van der Waals surface area contributed by atoms with E-state index in [4.69, 9.17) is 19.9 Å². The van der Waals surface area contributed by atoms with Gasteiger partial charge in [0.25, 0.3) is 0 Å². The molecule has 0 fully saturated rings. The van der Waals surface area contributed by atoms with Gasteiger partial charge < -0.3 is 0 Å². The van der Waals surface area contributed by atoms with Crippen LogP contribution >= 0.6 is 0 Å². The van der Waals surface area contributed by atoms with Gasteiger partial charge >= 0.3 is 0 Å². The average Bonchev–Trinajstić information content (AvgIpc) is 2.75. The van der Waals surface area contributed by atoms with Crippen LogP contribution in [0.3, 0.4) is 0 Å². The summed E-state index contributed by atoms with van der Waals surface area (Å²) in [6, 6.07) is 12.9. The zero-order valence-electron chi connectivity index (χ0n) is 18.6. The lowest BCUT2D eigenvalue weighted by Crippen LogP contribution is -2.12. The van der Waals surface area contributed by atoms with Crippen LogP contribution < -0.4 is 5.32 Å². The van der Waals surface area contributed by atoms with Crippen molar-refractivity contribution >= 4 is 22.8 Å². The first kappa shape index (κ1) is 19.6. The molecule has 0 atom stereocenters. The fourth-order valence-corrected chi connectivity index (χ4v) is 4.49. The molecule has 0 aliphatic heterocycles. The summed E-state index contributed by atoms with van der Waals surface area (Å²) >= 11 is 0. The van der Waals surface area contributed by atoms with Crippen molar-refractivity contribution in [3.05, 3.63) is 70.0 Å². The van der Waals surface area contributed by atoms with Crippen molar-refractivity contribution in [2.75, 3.05) is 5.32 Å². The Labute approximate surface area is 183 Å². The third-order valence-electron chi connectivity index (χ3n) is 6.06. The molecule has 2 aromatic carbocycles. The van der Waals surface area contributed by atoms with Gasteiger partial charge in [0.05, 0.1) is 16.9 Å². The van der Waals surface area contributed by atoms with E-state index in [0.717, 1.165) is 52.0 Å². The largest absolute Gasteiger partial charge is 0.293 e. The lowest BCUT2D eigenvalue weighted by atomic mass is 9.92. The molecule has 2 aromatic heterocycles. The molecule has 1 aliphatic rings. The van der Waals surface area contributed by atoms with E-state index in [0.29, 0.717) is 11.9 Å². The van der Waals surface area contributed by atoms with E-state index in [1.54, 1.807) is 0 Å². The first-order valence-electron chi connectivity index (χ1n) is 11.0. The Morgan fingerprint density at radius 2 is 1.48 bits per heavy atom. The fraction of sp³-hybridized carbons (Fsp3) is 0.308. The summed E-state index contributed by atoms with van der Waals surface area (Å²) in [4.78, 5) is 19.3. The summed E-state index contributed by atoms with van der Waals surface area (Å²) in [5, 5.41) is 4.40. The topological polar surface area (TPSA) is 63.6 Å². The van der Waals surface area contributed by atoms with Crippen molar-refractivity contribution in [2.45, 2.75) is 53.4 Å². The number of fused-ring (bicyclic) bond motifs is 2. The van der Waals surface area contributed by atoms with E-state index in [1.807, 2.05) is 6.92 Å². The number of hydrogen-bond acceptors (Lipinski definition) is 5. The van der Waals surface area contributed by atoms with Crippen LogP contribution in [0.15, 0.2) is 36.4 Å². The van der Waals surface area contributed by atoms with Gasteiger partial charge in [0.1, 0.15) is 0 Å². The molecule has 0 saturated carbocycles. The molecule has 0 radical (unpaired) electrons. The van der Waals surface area contributed by atoms with E-state index < -0.39 is 0 Å². The van der Waals surface area contributed by atoms with Crippen molar-refractivity contribution in [2.24, 2.45) is 0 Å². The highest BCUT2D eigenvalue weighted by Crippen LogP contribution is 2.31. The third-order valence-corrected chi connectivity index (χ3v) is 6.06. The number of nitrogens with zero attached hydrogens (tertiary/aromatic N) is 4. The predicted molar refractivity (Wildman–Crippen MR) is 126 cm³/mol. The van der Waals surface area contributed by atoms with Gasteiger partial charge in [0, 0.05) is 22.2 Å². The fourth-order valence-electron chi connectivity index (χ4n) is 4.49. The normalized spacial score (nSPS) is 13.3. The van der Waals surface area contributed by atoms with Gasteiger partial charge in [0.15, 0.2) is 0 Å². The number of anilines is 2. The lowest BCUT2D eigenvalue weighted by molar-refractivity contribution is 0.665. The van der Waals surface area contributed by atoms with Crippen molar-refractivity contribution in [1.29, 1.82) is 0 Å². The number of nitrogens with one attached hydrogen (secondary N) is 1. The van der Waals surface area contributed by atoms with Crippen molar-refractivity contribution in [3.63, 3.8) is 0 Å². The molecule has 1 aliphatic carbocycles. The molecule has 0 amide bonds. The van der Waals surface area contributed by atoms with Gasteiger partial charge in [-0.05, 0) is 65.0 Å². The highest BCUT2D eigenvalue weighted by Gasteiger charge is 2.19. The minimum absolute atomic E-state index is 0.544. The van der Waals surface area contributed by atoms with Gasteiger partial charge in [-0.2, -0.15) is 0 Å². The minimum Gasteiger partial charge on any atom is -0.293 e. The van der Waals surface area contributed by atoms with Gasteiger partial charge in [-0.25, -0.2) is 19.9 Å². The van der Waals surface area contributed by atoms with Crippen molar-refractivity contribution < 1.29 is 0 Å². The molecule has 5 rings (SSSR count). The molecule has 1 N–H and O–H groups in total. The van der Waals surface area contributed by atoms with E-state index in [9.17, 15) is 0 Å². The first-order chi connectivity index (χ1) is 15.0. The second-order valence-corrected chi connectivity index (χ2v) is 8.63. The second-order valence-electron chi connectivity index (χ2n) is 8.63. The molecule has 156 valence electrons. The molecular weight excluding hydrogens is 382 g/mol. The van der Waals surface area contributed by atoms with Crippen molar-refractivity contribution in [3.8, 4) is 11.3 Å². The highest BCUT2D eigenvalue weighted by molar-refractivity contribution is 5.85. The van der Waals surface area contributed by atoms with Gasteiger partial charge in [-0.1, -0.05) is 41.5 Å². The molecule has 31 heavy (non-hydrogen) atoms. The summed E-state index contributed by atoms with van der Waals surface area (Å²) in [5.41, 5.74) is 10.1. The maximum Gasteiger partial charge on any atom is 0.230 e. The summed E-state index contributed by atoms with van der Waals surface area (Å²) < 4.78 is 0. The molecule has 0 spiro atoms. The zero-order valence-corrected chi connectivity index (χ0v) is 18.6. The van der Waals surface area contributed by atoms with Crippen LogP contribution in [0.4, 0.5) is 11.9 Å². The molecule has 5 nitrogen and oxygen atoms in total. The Kier molecular flexibility index (Phi) is 4.89. The smallest absolute Gasteiger partial charge is 0.230 e. The van der Waals surface area contributed by atoms with Gasteiger partial charge in [0.2, 0.25) is 11.9 Å². The zero-order chi connectivity index (χ0) is 21.5. The number of aromatic nitrogens is 4. The second kappa shape index (κ2) is 7.73. The average molecular weight is 410 g/mol. The van der Waals surface area contributed by atoms with Gasteiger partial charge in [-0.15, -0.1) is 0 Å². The quantitative estimate of drug-likeness (QED) is 0.453. The highest BCUT2D eigenvalue weighted by atomic mass is 15.2. The van der Waals surface area contributed by atoms with Crippen LogP contribution in [-0.4, -0.2) is 19.9 Å². The Balaban J connectivity index is 1.59. The van der Waals surface area contributed by atoms with E-state index in [1.165, 1.54) is 29.5 Å². The summed E-state index contributed by atoms with van der Waals surface area (Å²) in [5.74, 6) is 1.11. The summed E-state index contributed by atoms with van der Waals surface area (Å²) in [6.07, 6.45) is 4.37. The maximum atomic E-state index is 4.93. The Bertz CT molecular complexity index is 1290. The van der Waals surface area contributed by atoms with E-state index >= 15 is 0 Å². The Morgan fingerprint density at radius 1 is 0.742 bits per heavy atom. The SMILES string of the molecule is Cc1ccc(-c2nc(Nc3nc(C)c4cc(C)cc(C)c4n3)nc3c2CCCC3)cc1. The summed E-state index contributed by atoms with van der Waals surface area (Å²) in [6.45, 7) is 8.33. The summed E-state index contributed by atoms with van der Waals surface area (Å²) in [7, 11) is 0. The number of hydrogen-bond donors (Lipinski definition) is 1. The monoisotopic (exact) mass is 409 g/mol. The standard InChI is InChI=1S/C26H27N5/c1-15-9-11-19(12-10-15)24-20-7-5-6-8-22(20)28-26(30-24)31-25-27-18(4)21-14-16(2)13-17(3)23(21)29-25/h9-14H,5-8H2,1-4H3,(H,27,28,29,30,31). The molecular formula is C26H27N5. The molecule has 0 unspecified atom stereocenters. The van der Waals surface area contributed by atoms with Crippen molar-refractivity contribution in [1.82, 2.24) is 19.9 Å². The Morgan fingerprint density at radius 3 is 2.29 bits per heavy atom. The molecule has 2 heterocycles. The van der Waals surface area contributed by atoms with Crippen LogP contribution in [0.1, 0.15) is 46.5 Å². The molecule has 4 aromatic rings. The lowest BCUT2D eigenvalue weighted by Gasteiger charge is -2.19. The van der Waals surface area contributed by atoms with Crippen LogP contribution in [0, 0.1) is 27.7 Å². The van der Waals surface area contributed by atoms with Crippen LogP contribution in [0.2, 0.25) is 0 Å². The van der Waals surface area contributed by atoms with Crippen LogP contribution in [0.25, 0.3) is 22.2 Å². The van der Waals surface area contributed by atoms with Gasteiger partial charge in [-0.3, -0.25) is 5.32 Å². The van der Waals surface area contributed by atoms with E-state index in [2.05, 4.69) is 62.5 Å². The minimum atomic E-state index is 0.544.